The van der Waals surface area contributed by atoms with E-state index in [1.54, 1.807) is 19.2 Å². The summed E-state index contributed by atoms with van der Waals surface area (Å²) >= 11 is 0. The van der Waals surface area contributed by atoms with Crippen LogP contribution in [0, 0.1) is 0 Å². The molecule has 1 fully saturated rings. The van der Waals surface area contributed by atoms with E-state index in [1.807, 2.05) is 10.7 Å². The van der Waals surface area contributed by atoms with Gasteiger partial charge in [0.15, 0.2) is 5.65 Å². The molecule has 0 bridgehead atoms. The van der Waals surface area contributed by atoms with Gasteiger partial charge < -0.3 is 25.1 Å². The molecule has 0 unspecified atom stereocenters. The first kappa shape index (κ1) is 25.0. The van der Waals surface area contributed by atoms with E-state index in [0.29, 0.717) is 6.54 Å². The van der Waals surface area contributed by atoms with Crippen LogP contribution in [-0.4, -0.2) is 39.4 Å². The molecule has 0 amide bonds. The standard InChI is InChI=1S/C19H24N6O.C2H6O.K/c1-2-15-13-22-25-16(20-11-14-6-7-18(26)21-12-14)10-17(23-19(15)25)24-8-4-3-5-9-24;1-2-3;/h6-7,10,12-13H,2-5,8-9,11H2,1H3,(H2,20,21,22,23,26);3H,2H2,1H3;/q;;+1/p-1. The van der Waals surface area contributed by atoms with Crippen LogP contribution >= 0.6 is 0 Å². The zero-order valence-electron chi connectivity index (χ0n) is 18.1. The molecule has 3 aromatic heterocycles. The predicted molar refractivity (Wildman–Crippen MR) is 115 cm³/mol. The van der Waals surface area contributed by atoms with E-state index in [-0.39, 0.29) is 63.6 Å². The van der Waals surface area contributed by atoms with Gasteiger partial charge in [0, 0.05) is 37.9 Å². The Kier molecular flexibility index (Phi) is 10.5. The van der Waals surface area contributed by atoms with Crippen molar-refractivity contribution in [3.63, 3.8) is 0 Å². The molecule has 156 valence electrons. The fourth-order valence-corrected chi connectivity index (χ4v) is 3.36. The minimum absolute atomic E-state index is 0. The van der Waals surface area contributed by atoms with E-state index in [9.17, 15) is 4.79 Å². The Balaban J connectivity index is 0.000000757. The van der Waals surface area contributed by atoms with Crippen LogP contribution in [0.5, 0.6) is 0 Å². The average Bonchev–Trinajstić information content (AvgIpc) is 3.17. The zero-order chi connectivity index (χ0) is 20.6. The van der Waals surface area contributed by atoms with Crippen molar-refractivity contribution >= 4 is 17.3 Å². The molecular weight excluding hydrogens is 407 g/mol. The molecular formula is C21H29KN6O2. The molecule has 4 heterocycles. The Hall–Kier alpha value is -1.23. The van der Waals surface area contributed by atoms with Crippen molar-refractivity contribution < 1.29 is 56.5 Å². The van der Waals surface area contributed by atoms with Crippen LogP contribution in [-0.2, 0) is 13.0 Å². The van der Waals surface area contributed by atoms with Crippen molar-refractivity contribution in [2.75, 3.05) is 29.9 Å². The Morgan fingerprint density at radius 2 is 1.93 bits per heavy atom. The van der Waals surface area contributed by atoms with E-state index in [2.05, 4.69) is 33.3 Å². The van der Waals surface area contributed by atoms with Crippen LogP contribution in [0.25, 0.3) is 5.65 Å². The number of aromatic nitrogens is 4. The third kappa shape index (κ3) is 6.38. The molecule has 0 aromatic carbocycles. The van der Waals surface area contributed by atoms with Gasteiger partial charge >= 0.3 is 51.4 Å². The van der Waals surface area contributed by atoms with E-state index in [0.717, 1.165) is 47.9 Å². The fourth-order valence-electron chi connectivity index (χ4n) is 3.36. The summed E-state index contributed by atoms with van der Waals surface area (Å²) in [7, 11) is 0. The number of anilines is 2. The number of rotatable bonds is 5. The van der Waals surface area contributed by atoms with Crippen molar-refractivity contribution in [3.8, 4) is 0 Å². The second kappa shape index (κ2) is 12.6. The number of fused-ring (bicyclic) bond motifs is 1. The minimum atomic E-state index is -0.216. The number of piperidine rings is 1. The third-order valence-electron chi connectivity index (χ3n) is 4.86. The minimum Gasteiger partial charge on any atom is -0.629 e. The maximum Gasteiger partial charge on any atom is 1.00 e. The Bertz CT molecular complexity index is 961. The molecule has 1 saturated heterocycles. The van der Waals surface area contributed by atoms with Crippen LogP contribution in [0.3, 0.4) is 0 Å². The summed E-state index contributed by atoms with van der Waals surface area (Å²) in [5, 5.41) is 15.5. The largest absolute Gasteiger partial charge is 1.00 e. The molecule has 0 atom stereocenters. The maximum atomic E-state index is 11.2. The molecule has 0 radical (unpaired) electrons. The number of aryl methyl sites for hydroxylation is 1. The summed E-state index contributed by atoms with van der Waals surface area (Å²) in [5.41, 5.74) is 2.79. The molecule has 0 spiro atoms. The molecule has 8 nitrogen and oxygen atoms in total. The van der Waals surface area contributed by atoms with Gasteiger partial charge in [-0.15, -0.1) is 0 Å². The summed E-state index contributed by atoms with van der Waals surface area (Å²) < 4.78 is 1.86. The van der Waals surface area contributed by atoms with Gasteiger partial charge in [-0.05, 0) is 38.7 Å². The van der Waals surface area contributed by atoms with Crippen molar-refractivity contribution in [2.24, 2.45) is 0 Å². The normalized spacial score (nSPS) is 13.4. The SMILES string of the molecule is CCO.CCc1cnn2c(NCc3ccc(=O)[n-]c3)cc(N3CCCCC3)nc12.[K+]. The topological polar surface area (TPSA) is 96.9 Å². The van der Waals surface area contributed by atoms with Gasteiger partial charge in [-0.2, -0.15) is 15.8 Å². The monoisotopic (exact) mass is 436 g/mol. The average molecular weight is 437 g/mol. The summed E-state index contributed by atoms with van der Waals surface area (Å²) in [5.74, 6) is 1.91. The Morgan fingerprint density at radius 3 is 2.57 bits per heavy atom. The smallest absolute Gasteiger partial charge is 0.629 e. The molecule has 0 saturated carbocycles. The predicted octanol–water partition coefficient (Wildman–Crippen LogP) is -0.786. The van der Waals surface area contributed by atoms with Crippen LogP contribution < -0.4 is 72.1 Å². The van der Waals surface area contributed by atoms with Gasteiger partial charge in [0.25, 0.3) is 0 Å². The number of hydrogen-bond donors (Lipinski definition) is 2. The molecule has 1 aliphatic rings. The Morgan fingerprint density at radius 1 is 1.20 bits per heavy atom. The summed E-state index contributed by atoms with van der Waals surface area (Å²) in [6.07, 6.45) is 8.11. The van der Waals surface area contributed by atoms with Gasteiger partial charge in [0.2, 0.25) is 0 Å². The maximum absolute atomic E-state index is 11.2. The molecule has 4 rings (SSSR count). The number of pyridine rings is 1. The molecule has 1 aliphatic heterocycles. The van der Waals surface area contributed by atoms with E-state index in [1.165, 1.54) is 25.3 Å². The summed E-state index contributed by atoms with van der Waals surface area (Å²) in [6.45, 7) is 6.73. The fraction of sp³-hybridized carbons (Fsp3) is 0.476. The quantitative estimate of drug-likeness (QED) is 0.506. The van der Waals surface area contributed by atoms with Crippen LogP contribution in [0.1, 0.15) is 44.2 Å². The first-order chi connectivity index (χ1) is 14.2. The van der Waals surface area contributed by atoms with Gasteiger partial charge in [-0.1, -0.05) is 18.6 Å². The molecule has 0 aliphatic carbocycles. The number of aliphatic hydroxyl groups excluding tert-OH is 1. The van der Waals surface area contributed by atoms with Gasteiger partial charge in [0.1, 0.15) is 11.6 Å². The first-order valence-electron chi connectivity index (χ1n) is 10.3. The van der Waals surface area contributed by atoms with Crippen molar-refractivity contribution in [2.45, 2.75) is 46.1 Å². The second-order valence-electron chi connectivity index (χ2n) is 6.98. The summed E-state index contributed by atoms with van der Waals surface area (Å²) in [6, 6.07) is 5.36. The van der Waals surface area contributed by atoms with Gasteiger partial charge in [0.05, 0.1) is 11.8 Å². The van der Waals surface area contributed by atoms with E-state index < -0.39 is 0 Å². The summed E-state index contributed by atoms with van der Waals surface area (Å²) in [4.78, 5) is 22.2. The zero-order valence-corrected chi connectivity index (χ0v) is 21.3. The van der Waals surface area contributed by atoms with Crippen LogP contribution in [0.4, 0.5) is 11.6 Å². The van der Waals surface area contributed by atoms with Gasteiger partial charge in [-0.3, -0.25) is 0 Å². The van der Waals surface area contributed by atoms with Crippen LogP contribution in [0.2, 0.25) is 0 Å². The van der Waals surface area contributed by atoms with E-state index >= 15 is 0 Å². The number of hydrogen-bond acceptors (Lipinski definition) is 6. The second-order valence-corrected chi connectivity index (χ2v) is 6.98. The van der Waals surface area contributed by atoms with E-state index in [4.69, 9.17) is 10.1 Å². The molecule has 30 heavy (non-hydrogen) atoms. The van der Waals surface area contributed by atoms with Gasteiger partial charge in [-0.25, -0.2) is 4.98 Å². The van der Waals surface area contributed by atoms with Crippen molar-refractivity contribution in [3.05, 3.63) is 52.1 Å². The Labute approximate surface area is 219 Å². The molecule has 3 aromatic rings. The molecule has 9 heteroatoms. The third-order valence-corrected chi connectivity index (χ3v) is 4.86. The number of nitrogens with zero attached hydrogens (tertiary/aromatic N) is 5. The van der Waals surface area contributed by atoms with Crippen molar-refractivity contribution in [1.82, 2.24) is 19.6 Å². The van der Waals surface area contributed by atoms with Crippen LogP contribution in [0.15, 0.2) is 35.4 Å². The molecule has 2 N–H and O–H groups in total. The van der Waals surface area contributed by atoms with Crippen molar-refractivity contribution in [1.29, 1.82) is 0 Å². The number of aliphatic hydroxyl groups is 1. The number of nitrogens with one attached hydrogen (secondary N) is 1. The first-order valence-corrected chi connectivity index (χ1v) is 10.3.